The van der Waals surface area contributed by atoms with Crippen LogP contribution < -0.4 is 10.1 Å². The van der Waals surface area contributed by atoms with E-state index in [9.17, 15) is 19.2 Å². The van der Waals surface area contributed by atoms with Gasteiger partial charge < -0.3 is 4.74 Å². The number of hydrogen-bond acceptors (Lipinski definition) is 5. The molecule has 1 heterocycles. The van der Waals surface area contributed by atoms with Crippen molar-refractivity contribution in [2.75, 3.05) is 14.2 Å². The molecule has 0 aliphatic carbocycles. The zero-order valence-electron chi connectivity index (χ0n) is 12.0. The van der Waals surface area contributed by atoms with Crippen molar-refractivity contribution in [2.45, 2.75) is 0 Å². The number of nitrogens with one attached hydrogen (secondary N) is 1. The monoisotopic (exact) mass is 302 g/mol. The molecule has 22 heavy (non-hydrogen) atoms. The van der Waals surface area contributed by atoms with E-state index < -0.39 is 29.5 Å². The molecule has 0 bridgehead atoms. The Kier molecular flexibility index (Phi) is 4.36. The molecule has 114 valence electrons. The van der Waals surface area contributed by atoms with E-state index in [-0.39, 0.29) is 0 Å². The van der Waals surface area contributed by atoms with Crippen molar-refractivity contribution >= 4 is 29.7 Å². The zero-order valence-corrected chi connectivity index (χ0v) is 12.0. The summed E-state index contributed by atoms with van der Waals surface area (Å²) in [5, 5.41) is 1.96. The van der Waals surface area contributed by atoms with Crippen LogP contribution in [-0.4, -0.2) is 42.7 Å². The first kappa shape index (κ1) is 15.4. The van der Waals surface area contributed by atoms with Gasteiger partial charge in [-0.25, -0.2) is 4.79 Å². The topological polar surface area (TPSA) is 92.8 Å². The molecular weight excluding hydrogens is 288 g/mol. The maximum atomic E-state index is 12.1. The number of carbonyl (C=O) groups is 4. The van der Waals surface area contributed by atoms with Crippen molar-refractivity contribution in [3.05, 3.63) is 35.9 Å². The molecule has 4 amide bonds. The number of barbiturate groups is 1. The van der Waals surface area contributed by atoms with Crippen molar-refractivity contribution in [2.24, 2.45) is 5.92 Å². The molecule has 1 fully saturated rings. The van der Waals surface area contributed by atoms with E-state index in [2.05, 4.69) is 0 Å². The molecule has 0 saturated carbocycles. The number of methoxy groups -OCH3 is 1. The summed E-state index contributed by atoms with van der Waals surface area (Å²) in [6, 6.07) is 6.14. The number of benzene rings is 1. The highest BCUT2D eigenvalue weighted by Crippen LogP contribution is 2.19. The lowest BCUT2D eigenvalue weighted by atomic mass is 9.98. The molecule has 2 rings (SSSR count). The summed E-state index contributed by atoms with van der Waals surface area (Å²) in [6.07, 6.45) is 2.59. The maximum Gasteiger partial charge on any atom is 0.330 e. The molecule has 1 N–H and O–H groups in total. The molecule has 7 heteroatoms. The molecule has 1 aliphatic rings. The third kappa shape index (κ3) is 2.88. The first-order valence-electron chi connectivity index (χ1n) is 6.43. The van der Waals surface area contributed by atoms with Gasteiger partial charge in [0.2, 0.25) is 5.91 Å². The Labute approximate surface area is 126 Å². The van der Waals surface area contributed by atoms with Gasteiger partial charge in [-0.3, -0.25) is 24.6 Å². The average molecular weight is 302 g/mol. The summed E-state index contributed by atoms with van der Waals surface area (Å²) in [4.78, 5) is 47.6. The molecule has 0 unspecified atom stereocenters. The predicted molar refractivity (Wildman–Crippen MR) is 76.8 cm³/mol. The average Bonchev–Trinajstić information content (AvgIpc) is 2.51. The second-order valence-corrected chi connectivity index (χ2v) is 4.60. The number of hydrogen-bond donors (Lipinski definition) is 1. The van der Waals surface area contributed by atoms with Crippen molar-refractivity contribution in [3.63, 3.8) is 0 Å². The van der Waals surface area contributed by atoms with Crippen LogP contribution in [0.2, 0.25) is 0 Å². The van der Waals surface area contributed by atoms with E-state index in [0.29, 0.717) is 16.2 Å². The second-order valence-electron chi connectivity index (χ2n) is 4.60. The normalized spacial score (nSPS) is 18.5. The predicted octanol–water partition coefficient (Wildman–Crippen LogP) is 0.602. The first-order chi connectivity index (χ1) is 10.5. The number of para-hydroxylation sites is 1. The Hall–Kier alpha value is -2.96. The van der Waals surface area contributed by atoms with Gasteiger partial charge in [-0.1, -0.05) is 18.2 Å². The van der Waals surface area contributed by atoms with Crippen LogP contribution in [0.4, 0.5) is 4.79 Å². The largest absolute Gasteiger partial charge is 0.496 e. The smallest absolute Gasteiger partial charge is 0.330 e. The Morgan fingerprint density at radius 3 is 2.64 bits per heavy atom. The van der Waals surface area contributed by atoms with Gasteiger partial charge in [0.25, 0.3) is 5.91 Å². The molecular formula is C15H14N2O5. The van der Waals surface area contributed by atoms with E-state index in [1.165, 1.54) is 20.2 Å². The summed E-state index contributed by atoms with van der Waals surface area (Å²) in [6.45, 7) is 0. The van der Waals surface area contributed by atoms with Gasteiger partial charge >= 0.3 is 6.03 Å². The number of carbonyl (C=O) groups excluding carboxylic acids is 4. The van der Waals surface area contributed by atoms with Crippen LogP contribution in [0.15, 0.2) is 30.3 Å². The molecule has 1 aliphatic heterocycles. The van der Waals surface area contributed by atoms with E-state index in [0.717, 1.165) is 6.08 Å². The van der Waals surface area contributed by atoms with Crippen LogP contribution in [0.3, 0.4) is 0 Å². The number of amides is 4. The Morgan fingerprint density at radius 2 is 1.95 bits per heavy atom. The van der Waals surface area contributed by atoms with E-state index in [4.69, 9.17) is 4.74 Å². The lowest BCUT2D eigenvalue weighted by molar-refractivity contribution is -0.145. The van der Waals surface area contributed by atoms with Crippen molar-refractivity contribution in [3.8, 4) is 5.75 Å². The number of ketones is 1. The summed E-state index contributed by atoms with van der Waals surface area (Å²) >= 11 is 0. The highest BCUT2D eigenvalue weighted by atomic mass is 16.5. The van der Waals surface area contributed by atoms with Gasteiger partial charge in [0.1, 0.15) is 5.75 Å². The standard InChI is InChI=1S/C15H14N2O5/c1-17-14(20)12(13(19)16-15(17)21)10(18)8-7-9-5-3-4-6-11(9)22-2/h3-8,12H,1-2H3,(H,16,19,21)/b8-7+/t12-/m1/s1. The van der Waals surface area contributed by atoms with Crippen molar-refractivity contribution < 1.29 is 23.9 Å². The molecule has 1 aromatic carbocycles. The van der Waals surface area contributed by atoms with Crippen molar-refractivity contribution in [1.29, 1.82) is 0 Å². The number of rotatable bonds is 4. The molecule has 1 aromatic rings. The number of imide groups is 2. The number of nitrogens with zero attached hydrogens (tertiary/aromatic N) is 1. The van der Waals surface area contributed by atoms with Crippen LogP contribution >= 0.6 is 0 Å². The third-order valence-corrected chi connectivity index (χ3v) is 3.23. The summed E-state index contributed by atoms with van der Waals surface area (Å²) in [5.41, 5.74) is 0.631. The number of allylic oxidation sites excluding steroid dienone is 1. The SMILES string of the molecule is COc1ccccc1/C=C/C(=O)[C@@H]1C(=O)NC(=O)N(C)C1=O. The molecule has 1 saturated heterocycles. The summed E-state index contributed by atoms with van der Waals surface area (Å²) in [7, 11) is 2.70. The van der Waals surface area contributed by atoms with Crippen LogP contribution in [0.1, 0.15) is 5.56 Å². The minimum atomic E-state index is -1.55. The minimum Gasteiger partial charge on any atom is -0.496 e. The van der Waals surface area contributed by atoms with Gasteiger partial charge in [0.05, 0.1) is 7.11 Å². The highest BCUT2D eigenvalue weighted by molar-refractivity contribution is 6.28. The Morgan fingerprint density at radius 1 is 1.27 bits per heavy atom. The lowest BCUT2D eigenvalue weighted by Crippen LogP contribution is -2.58. The van der Waals surface area contributed by atoms with Crippen LogP contribution in [0.25, 0.3) is 6.08 Å². The van der Waals surface area contributed by atoms with Gasteiger partial charge in [-0.05, 0) is 18.2 Å². The van der Waals surface area contributed by atoms with Crippen LogP contribution in [0.5, 0.6) is 5.75 Å². The van der Waals surface area contributed by atoms with E-state index in [1.54, 1.807) is 24.3 Å². The van der Waals surface area contributed by atoms with Gasteiger partial charge in [-0.2, -0.15) is 0 Å². The maximum absolute atomic E-state index is 12.1. The third-order valence-electron chi connectivity index (χ3n) is 3.23. The Balaban J connectivity index is 2.21. The van der Waals surface area contributed by atoms with E-state index >= 15 is 0 Å². The number of ether oxygens (including phenoxy) is 1. The highest BCUT2D eigenvalue weighted by Gasteiger charge is 2.42. The fourth-order valence-electron chi connectivity index (χ4n) is 1.99. The second kappa shape index (κ2) is 6.21. The van der Waals surface area contributed by atoms with Crippen molar-refractivity contribution in [1.82, 2.24) is 10.2 Å². The first-order valence-corrected chi connectivity index (χ1v) is 6.43. The number of urea groups is 1. The van der Waals surface area contributed by atoms with Gasteiger partial charge in [-0.15, -0.1) is 0 Å². The molecule has 1 atom stereocenters. The Bertz CT molecular complexity index is 680. The van der Waals surface area contributed by atoms with E-state index in [1.807, 2.05) is 5.32 Å². The van der Waals surface area contributed by atoms with Gasteiger partial charge in [0.15, 0.2) is 11.7 Å². The summed E-state index contributed by atoms with van der Waals surface area (Å²) < 4.78 is 5.13. The minimum absolute atomic E-state index is 0.554. The fraction of sp³-hybridized carbons (Fsp3) is 0.200. The summed E-state index contributed by atoms with van der Waals surface area (Å²) in [5.74, 6) is -3.45. The lowest BCUT2D eigenvalue weighted by Gasteiger charge is -2.25. The molecule has 0 radical (unpaired) electrons. The molecule has 7 nitrogen and oxygen atoms in total. The van der Waals surface area contributed by atoms with Crippen LogP contribution in [-0.2, 0) is 14.4 Å². The molecule has 0 aromatic heterocycles. The fourth-order valence-corrected chi connectivity index (χ4v) is 1.99. The molecule has 0 spiro atoms. The van der Waals surface area contributed by atoms with Gasteiger partial charge in [0, 0.05) is 12.6 Å². The van der Waals surface area contributed by atoms with Crippen LogP contribution in [0, 0.1) is 5.92 Å². The zero-order chi connectivity index (χ0) is 16.3. The quantitative estimate of drug-likeness (QED) is 0.649.